The highest BCUT2D eigenvalue weighted by molar-refractivity contribution is 5.76. The lowest BCUT2D eigenvalue weighted by Gasteiger charge is -2.32. The monoisotopic (exact) mass is 451 g/mol. The first-order valence-corrected chi connectivity index (χ1v) is 10.9. The molecule has 3 heterocycles. The highest BCUT2D eigenvalue weighted by Crippen LogP contribution is 2.21. The van der Waals surface area contributed by atoms with Crippen molar-refractivity contribution in [3.63, 3.8) is 0 Å². The second-order valence-corrected chi connectivity index (χ2v) is 8.01. The summed E-state index contributed by atoms with van der Waals surface area (Å²) < 4.78 is 19.7. The lowest BCUT2D eigenvalue weighted by Crippen LogP contribution is -2.47. The molecule has 1 aliphatic rings. The zero-order valence-electron chi connectivity index (χ0n) is 18.4. The Labute approximate surface area is 191 Å². The highest BCUT2D eigenvalue weighted by Gasteiger charge is 2.25. The average Bonchev–Trinajstić information content (AvgIpc) is 3.23. The van der Waals surface area contributed by atoms with Crippen LogP contribution in [0.3, 0.4) is 0 Å². The predicted octanol–water partition coefficient (Wildman–Crippen LogP) is 3.02. The molecule has 1 aliphatic heterocycles. The van der Waals surface area contributed by atoms with Crippen molar-refractivity contribution in [1.29, 1.82) is 0 Å². The summed E-state index contributed by atoms with van der Waals surface area (Å²) in [5, 5.41) is 7.48. The summed E-state index contributed by atoms with van der Waals surface area (Å²) in [5.41, 5.74) is 3.46. The molecule has 0 aliphatic carbocycles. The number of hydrogen-bond donors (Lipinski definition) is 1. The molecule has 3 aromatic rings. The van der Waals surface area contributed by atoms with Crippen LogP contribution in [0.2, 0.25) is 0 Å². The number of alkyl carbamates (subject to hydrolysis) is 1. The van der Waals surface area contributed by atoms with Crippen LogP contribution < -0.4 is 5.32 Å². The van der Waals surface area contributed by atoms with Crippen molar-refractivity contribution in [3.05, 3.63) is 71.9 Å². The third kappa shape index (κ3) is 5.74. The lowest BCUT2D eigenvalue weighted by molar-refractivity contribution is -0.133. The van der Waals surface area contributed by atoms with E-state index in [0.717, 1.165) is 22.5 Å². The Morgan fingerprint density at radius 3 is 2.48 bits per heavy atom. The maximum atomic E-state index is 13.3. The maximum Gasteiger partial charge on any atom is 0.407 e. The number of carbonyl (C=O) groups excluding carboxylic acids is 2. The van der Waals surface area contributed by atoms with Crippen LogP contribution in [0.5, 0.6) is 0 Å². The maximum absolute atomic E-state index is 13.3. The molecule has 1 N–H and O–H groups in total. The standard InChI is InChI=1S/C24H26FN5O3/c1-33-24(32)27-20-8-12-29(13-9-20)23(31)16-30-21(14-17-2-4-19(25)5-3-17)15-22(28-30)18-6-10-26-11-7-18/h2-7,10-11,15,20H,8-9,12-14,16H2,1H3,(H,27,32). The number of aromatic nitrogens is 3. The number of methoxy groups -OCH3 is 1. The summed E-state index contributed by atoms with van der Waals surface area (Å²) in [6, 6.07) is 12.0. The fourth-order valence-electron chi connectivity index (χ4n) is 3.94. The van der Waals surface area contributed by atoms with Gasteiger partial charge in [0.25, 0.3) is 0 Å². The van der Waals surface area contributed by atoms with Crippen molar-refractivity contribution in [2.24, 2.45) is 0 Å². The molecule has 33 heavy (non-hydrogen) atoms. The molecule has 2 amide bonds. The first-order chi connectivity index (χ1) is 16.0. The third-order valence-corrected chi connectivity index (χ3v) is 5.78. The Morgan fingerprint density at radius 2 is 1.82 bits per heavy atom. The first kappa shape index (κ1) is 22.4. The van der Waals surface area contributed by atoms with Crippen LogP contribution in [0.15, 0.2) is 54.9 Å². The van der Waals surface area contributed by atoms with Gasteiger partial charge in [0.1, 0.15) is 12.4 Å². The molecule has 0 unspecified atom stereocenters. The van der Waals surface area contributed by atoms with E-state index in [1.54, 1.807) is 34.1 Å². The summed E-state index contributed by atoms with van der Waals surface area (Å²) >= 11 is 0. The van der Waals surface area contributed by atoms with Crippen molar-refractivity contribution >= 4 is 12.0 Å². The Kier molecular flexibility index (Phi) is 6.97. The molecule has 1 fully saturated rings. The molecule has 0 spiro atoms. The Hall–Kier alpha value is -3.75. The van der Waals surface area contributed by atoms with Gasteiger partial charge in [-0.1, -0.05) is 12.1 Å². The van der Waals surface area contributed by atoms with Crippen molar-refractivity contribution in [1.82, 2.24) is 25.0 Å². The fourth-order valence-corrected chi connectivity index (χ4v) is 3.94. The third-order valence-electron chi connectivity index (χ3n) is 5.78. The van der Waals surface area contributed by atoms with Gasteiger partial charge >= 0.3 is 6.09 Å². The molecular formula is C24H26FN5O3. The number of pyridine rings is 1. The second kappa shape index (κ2) is 10.2. The van der Waals surface area contributed by atoms with E-state index in [-0.39, 0.29) is 24.3 Å². The Bertz CT molecular complexity index is 1090. The van der Waals surface area contributed by atoms with E-state index in [2.05, 4.69) is 20.1 Å². The molecule has 0 saturated carbocycles. The smallest absolute Gasteiger partial charge is 0.407 e. The zero-order valence-corrected chi connectivity index (χ0v) is 18.4. The van der Waals surface area contributed by atoms with Gasteiger partial charge in [0.2, 0.25) is 5.91 Å². The van der Waals surface area contributed by atoms with Crippen LogP contribution in [-0.4, -0.2) is 57.9 Å². The van der Waals surface area contributed by atoms with E-state index in [4.69, 9.17) is 0 Å². The summed E-state index contributed by atoms with van der Waals surface area (Å²) in [4.78, 5) is 30.3. The lowest BCUT2D eigenvalue weighted by atomic mass is 10.1. The Balaban J connectivity index is 1.48. The quantitative estimate of drug-likeness (QED) is 0.622. The van der Waals surface area contributed by atoms with E-state index in [0.29, 0.717) is 32.4 Å². The predicted molar refractivity (Wildman–Crippen MR) is 120 cm³/mol. The van der Waals surface area contributed by atoms with Gasteiger partial charge in [-0.05, 0) is 48.7 Å². The van der Waals surface area contributed by atoms with Gasteiger partial charge in [-0.2, -0.15) is 5.10 Å². The topological polar surface area (TPSA) is 89.4 Å². The number of carbonyl (C=O) groups is 2. The van der Waals surface area contributed by atoms with Crippen molar-refractivity contribution in [2.45, 2.75) is 31.8 Å². The summed E-state index contributed by atoms with van der Waals surface area (Å²) in [7, 11) is 1.34. The van der Waals surface area contributed by atoms with E-state index in [1.807, 2.05) is 18.2 Å². The molecule has 0 radical (unpaired) electrons. The largest absolute Gasteiger partial charge is 0.453 e. The van der Waals surface area contributed by atoms with Gasteiger partial charge in [-0.25, -0.2) is 9.18 Å². The van der Waals surface area contributed by atoms with Crippen LogP contribution in [-0.2, 0) is 22.5 Å². The SMILES string of the molecule is COC(=O)NC1CCN(C(=O)Cn2nc(-c3ccncc3)cc2Cc2ccc(F)cc2)CC1. The summed E-state index contributed by atoms with van der Waals surface area (Å²) in [6.45, 7) is 1.22. The number of likely N-dealkylation sites (tertiary alicyclic amines) is 1. The van der Waals surface area contributed by atoms with Crippen LogP contribution >= 0.6 is 0 Å². The number of hydrogen-bond acceptors (Lipinski definition) is 5. The van der Waals surface area contributed by atoms with Gasteiger partial charge in [-0.15, -0.1) is 0 Å². The number of ether oxygens (including phenoxy) is 1. The van der Waals surface area contributed by atoms with Crippen LogP contribution in [0.4, 0.5) is 9.18 Å². The van der Waals surface area contributed by atoms with Gasteiger partial charge in [0, 0.05) is 49.2 Å². The Morgan fingerprint density at radius 1 is 1.12 bits per heavy atom. The van der Waals surface area contributed by atoms with Crippen molar-refractivity contribution < 1.29 is 18.7 Å². The summed E-state index contributed by atoms with van der Waals surface area (Å²) in [5.74, 6) is -0.318. The first-order valence-electron chi connectivity index (χ1n) is 10.9. The number of piperidine rings is 1. The molecule has 1 aromatic carbocycles. The minimum atomic E-state index is -0.453. The number of nitrogens with one attached hydrogen (secondary N) is 1. The van der Waals surface area contributed by atoms with E-state index < -0.39 is 6.09 Å². The minimum Gasteiger partial charge on any atom is -0.453 e. The van der Waals surface area contributed by atoms with Gasteiger partial charge in [0.15, 0.2) is 0 Å². The normalized spacial score (nSPS) is 14.2. The second-order valence-electron chi connectivity index (χ2n) is 8.01. The van der Waals surface area contributed by atoms with Crippen LogP contribution in [0.1, 0.15) is 24.1 Å². The van der Waals surface area contributed by atoms with Crippen LogP contribution in [0, 0.1) is 5.82 Å². The van der Waals surface area contributed by atoms with Gasteiger partial charge < -0.3 is 15.0 Å². The zero-order chi connectivity index (χ0) is 23.2. The minimum absolute atomic E-state index is 0.00136. The van der Waals surface area contributed by atoms with Crippen LogP contribution in [0.25, 0.3) is 11.3 Å². The van der Waals surface area contributed by atoms with Gasteiger partial charge in [-0.3, -0.25) is 14.5 Å². The number of rotatable bonds is 6. The number of amides is 2. The molecule has 172 valence electrons. The van der Waals surface area contributed by atoms with Crippen molar-refractivity contribution in [3.8, 4) is 11.3 Å². The molecule has 4 rings (SSSR count). The number of benzene rings is 1. The molecule has 2 aromatic heterocycles. The average molecular weight is 452 g/mol. The summed E-state index contributed by atoms with van der Waals surface area (Å²) in [6.07, 6.45) is 4.81. The number of nitrogens with zero attached hydrogens (tertiary/aromatic N) is 4. The van der Waals surface area contributed by atoms with Gasteiger partial charge in [0.05, 0.1) is 12.8 Å². The van der Waals surface area contributed by atoms with E-state index >= 15 is 0 Å². The highest BCUT2D eigenvalue weighted by atomic mass is 19.1. The molecular weight excluding hydrogens is 425 g/mol. The molecule has 1 saturated heterocycles. The van der Waals surface area contributed by atoms with E-state index in [9.17, 15) is 14.0 Å². The fraction of sp³-hybridized carbons (Fsp3) is 0.333. The molecule has 0 atom stereocenters. The van der Waals surface area contributed by atoms with E-state index in [1.165, 1.54) is 19.2 Å². The molecule has 8 nitrogen and oxygen atoms in total. The molecule has 0 bridgehead atoms. The number of halogens is 1. The van der Waals surface area contributed by atoms with Crippen molar-refractivity contribution in [2.75, 3.05) is 20.2 Å². The molecule has 9 heteroatoms.